The van der Waals surface area contributed by atoms with Crippen molar-refractivity contribution < 1.29 is 9.53 Å². The van der Waals surface area contributed by atoms with E-state index in [9.17, 15) is 4.79 Å². The molecule has 8 heteroatoms. The zero-order valence-electron chi connectivity index (χ0n) is 15.2. The maximum absolute atomic E-state index is 13.3. The van der Waals surface area contributed by atoms with E-state index in [4.69, 9.17) is 4.74 Å². The van der Waals surface area contributed by atoms with Crippen LogP contribution in [0, 0.1) is 0 Å². The normalized spacial score (nSPS) is 16.2. The number of pyridine rings is 1. The lowest BCUT2D eigenvalue weighted by atomic mass is 9.90. The van der Waals surface area contributed by atoms with E-state index in [1.807, 2.05) is 41.4 Å². The van der Waals surface area contributed by atoms with Gasteiger partial charge in [0.15, 0.2) is 5.65 Å². The van der Waals surface area contributed by atoms with E-state index in [1.54, 1.807) is 30.2 Å². The monoisotopic (exact) mass is 374 g/mol. The Morgan fingerprint density at radius 1 is 1.29 bits per heavy atom. The van der Waals surface area contributed by atoms with Crippen LogP contribution in [-0.4, -0.2) is 49.0 Å². The average molecular weight is 374 g/mol. The average Bonchev–Trinajstić information content (AvgIpc) is 3.41. The quantitative estimate of drug-likeness (QED) is 0.594. The molecule has 1 aliphatic rings. The smallest absolute Gasteiger partial charge is 0.258 e. The summed E-state index contributed by atoms with van der Waals surface area (Å²) in [7, 11) is 1.65. The lowest BCUT2D eigenvalue weighted by molar-refractivity contribution is 0.0723. The van der Waals surface area contributed by atoms with Gasteiger partial charge in [-0.25, -0.2) is 4.98 Å². The summed E-state index contributed by atoms with van der Waals surface area (Å²) in [5.74, 6) is 0.671. The lowest BCUT2D eigenvalue weighted by Crippen LogP contribution is -2.39. The fourth-order valence-corrected chi connectivity index (χ4v) is 3.79. The van der Waals surface area contributed by atoms with Crippen molar-refractivity contribution in [2.45, 2.75) is 12.5 Å². The Bertz CT molecular complexity index is 1160. The summed E-state index contributed by atoms with van der Waals surface area (Å²) in [6, 6.07) is 11.5. The number of fused-ring (bicyclic) bond motifs is 2. The molecule has 1 amide bonds. The second kappa shape index (κ2) is 6.49. The molecule has 140 valence electrons. The molecule has 1 unspecified atom stereocenters. The number of carbonyl (C=O) groups excluding carboxylic acids is 1. The second-order valence-electron chi connectivity index (χ2n) is 6.76. The van der Waals surface area contributed by atoms with Crippen LogP contribution in [0.2, 0.25) is 0 Å². The highest BCUT2D eigenvalue weighted by atomic mass is 16.5. The third-order valence-electron chi connectivity index (χ3n) is 5.17. The summed E-state index contributed by atoms with van der Waals surface area (Å²) in [5, 5.41) is 8.01. The fourth-order valence-electron chi connectivity index (χ4n) is 3.79. The Labute approximate surface area is 160 Å². The second-order valence-corrected chi connectivity index (χ2v) is 6.76. The highest BCUT2D eigenvalue weighted by molar-refractivity contribution is 5.99. The zero-order chi connectivity index (χ0) is 19.1. The van der Waals surface area contributed by atoms with E-state index in [-0.39, 0.29) is 11.8 Å². The summed E-state index contributed by atoms with van der Waals surface area (Å²) in [6.07, 6.45) is 5.10. The fraction of sp³-hybridized carbons (Fsp3) is 0.200. The molecule has 5 rings (SSSR count). The summed E-state index contributed by atoms with van der Waals surface area (Å²) < 4.78 is 7.12. The van der Waals surface area contributed by atoms with Crippen molar-refractivity contribution in [2.75, 3.05) is 13.7 Å². The van der Waals surface area contributed by atoms with Gasteiger partial charge in [-0.05, 0) is 29.8 Å². The highest BCUT2D eigenvalue weighted by Crippen LogP contribution is 2.33. The first-order chi connectivity index (χ1) is 13.7. The number of ether oxygens (including phenoxy) is 1. The van der Waals surface area contributed by atoms with Crippen LogP contribution in [-0.2, 0) is 6.54 Å². The number of nitrogens with one attached hydrogen (secondary N) is 1. The molecule has 8 nitrogen and oxygen atoms in total. The maximum atomic E-state index is 13.3. The molecule has 4 heterocycles. The number of aromatic nitrogens is 5. The number of amides is 1. The lowest BCUT2D eigenvalue weighted by Gasteiger charge is -2.32. The predicted molar refractivity (Wildman–Crippen MR) is 101 cm³/mol. The van der Waals surface area contributed by atoms with Gasteiger partial charge in [-0.2, -0.15) is 0 Å². The van der Waals surface area contributed by atoms with Crippen LogP contribution < -0.4 is 4.74 Å². The minimum Gasteiger partial charge on any atom is -0.497 e. The highest BCUT2D eigenvalue weighted by Gasteiger charge is 2.32. The molecule has 1 atom stereocenters. The van der Waals surface area contributed by atoms with Crippen molar-refractivity contribution in [1.29, 1.82) is 0 Å². The van der Waals surface area contributed by atoms with Gasteiger partial charge in [0.1, 0.15) is 12.1 Å². The van der Waals surface area contributed by atoms with E-state index >= 15 is 0 Å². The number of carbonyl (C=O) groups is 1. The Balaban J connectivity index is 1.54. The molecule has 0 bridgehead atoms. The number of imidazole rings is 1. The first-order valence-corrected chi connectivity index (χ1v) is 8.98. The van der Waals surface area contributed by atoms with Gasteiger partial charge in [0.25, 0.3) is 5.91 Å². The van der Waals surface area contributed by atoms with Gasteiger partial charge in [-0.3, -0.25) is 9.20 Å². The molecule has 3 aromatic heterocycles. The molecule has 1 aromatic carbocycles. The summed E-state index contributed by atoms with van der Waals surface area (Å²) in [5.41, 5.74) is 4.07. The van der Waals surface area contributed by atoms with Gasteiger partial charge >= 0.3 is 0 Å². The molecule has 4 aromatic rings. The van der Waals surface area contributed by atoms with Crippen molar-refractivity contribution in [3.8, 4) is 5.75 Å². The van der Waals surface area contributed by atoms with Crippen molar-refractivity contribution in [3.63, 3.8) is 0 Å². The van der Waals surface area contributed by atoms with Crippen molar-refractivity contribution >= 4 is 11.6 Å². The number of H-pyrrole nitrogens is 1. The van der Waals surface area contributed by atoms with Crippen LogP contribution in [0.1, 0.15) is 33.2 Å². The molecule has 0 saturated heterocycles. The molecular weight excluding hydrogens is 356 g/mol. The van der Waals surface area contributed by atoms with E-state index in [2.05, 4.69) is 20.2 Å². The Morgan fingerprint density at radius 2 is 2.21 bits per heavy atom. The summed E-state index contributed by atoms with van der Waals surface area (Å²) in [6.45, 7) is 1.00. The van der Waals surface area contributed by atoms with Gasteiger partial charge in [-0.1, -0.05) is 12.1 Å². The van der Waals surface area contributed by atoms with Crippen molar-refractivity contribution in [3.05, 3.63) is 77.8 Å². The number of benzene rings is 1. The van der Waals surface area contributed by atoms with E-state index in [0.29, 0.717) is 24.3 Å². The molecule has 28 heavy (non-hydrogen) atoms. The van der Waals surface area contributed by atoms with E-state index in [1.165, 1.54) is 0 Å². The number of aromatic amines is 1. The largest absolute Gasteiger partial charge is 0.497 e. The first-order valence-electron chi connectivity index (χ1n) is 8.98. The number of nitrogens with zero attached hydrogens (tertiary/aromatic N) is 5. The molecule has 0 radical (unpaired) electrons. The SMILES string of the molecule is COc1cccc(C2CN(C(=O)c3cccn4cnnc34)Cc3[nH]cnc32)c1. The number of rotatable bonds is 3. The molecule has 1 N–H and O–H groups in total. The van der Waals surface area contributed by atoms with E-state index < -0.39 is 0 Å². The van der Waals surface area contributed by atoms with Gasteiger partial charge in [0.05, 0.1) is 36.9 Å². The standard InChI is InChI=1S/C20H18N6O2/c1-28-14-5-2-4-13(8-14)16-9-26(10-17-18(16)22-11-21-17)20(27)15-6-3-7-25-12-23-24-19(15)25/h2-8,11-12,16H,9-10H2,1H3,(H,21,22). The minimum absolute atomic E-state index is 0.0355. The van der Waals surface area contributed by atoms with Crippen LogP contribution >= 0.6 is 0 Å². The topological polar surface area (TPSA) is 88.4 Å². The molecule has 0 aliphatic carbocycles. The summed E-state index contributed by atoms with van der Waals surface area (Å²) in [4.78, 5) is 22.9. The number of hydrogen-bond donors (Lipinski definition) is 1. The number of methoxy groups -OCH3 is 1. The van der Waals surface area contributed by atoms with Crippen molar-refractivity contribution in [2.24, 2.45) is 0 Å². The molecule has 1 aliphatic heterocycles. The molecule has 0 saturated carbocycles. The van der Waals surface area contributed by atoms with Gasteiger partial charge in [0.2, 0.25) is 0 Å². The van der Waals surface area contributed by atoms with Gasteiger partial charge in [0, 0.05) is 18.7 Å². The van der Waals surface area contributed by atoms with Crippen molar-refractivity contribution in [1.82, 2.24) is 29.5 Å². The molecule has 0 fully saturated rings. The third-order valence-corrected chi connectivity index (χ3v) is 5.17. The van der Waals surface area contributed by atoms with Crippen LogP contribution in [0.15, 0.2) is 55.2 Å². The Hall–Kier alpha value is -3.68. The molecular formula is C20H18N6O2. The van der Waals surface area contributed by atoms with Crippen LogP contribution in [0.5, 0.6) is 5.75 Å². The predicted octanol–water partition coefficient (Wildman–Crippen LogP) is 2.25. The van der Waals surface area contributed by atoms with Crippen LogP contribution in [0.3, 0.4) is 0 Å². The zero-order valence-corrected chi connectivity index (χ0v) is 15.2. The first kappa shape index (κ1) is 16.5. The maximum Gasteiger partial charge on any atom is 0.258 e. The van der Waals surface area contributed by atoms with Crippen LogP contribution in [0.4, 0.5) is 0 Å². The Kier molecular flexibility index (Phi) is 3.82. The van der Waals surface area contributed by atoms with E-state index in [0.717, 1.165) is 22.7 Å². The summed E-state index contributed by atoms with van der Waals surface area (Å²) >= 11 is 0. The minimum atomic E-state index is -0.0771. The van der Waals surface area contributed by atoms with Crippen LogP contribution in [0.25, 0.3) is 5.65 Å². The van der Waals surface area contributed by atoms with Gasteiger partial charge in [-0.15, -0.1) is 10.2 Å². The van der Waals surface area contributed by atoms with Gasteiger partial charge < -0.3 is 14.6 Å². The number of hydrogen-bond acceptors (Lipinski definition) is 5. The Morgan fingerprint density at radius 3 is 3.11 bits per heavy atom. The third kappa shape index (κ3) is 2.61. The molecule has 0 spiro atoms.